The lowest BCUT2D eigenvalue weighted by Gasteiger charge is -2.15. The van der Waals surface area contributed by atoms with Crippen molar-refractivity contribution in [1.82, 2.24) is 0 Å². The molecule has 1 aromatic carbocycles. The summed E-state index contributed by atoms with van der Waals surface area (Å²) in [5.41, 5.74) is 0.327. The molecule has 0 heterocycles. The Balaban J connectivity index is 3.09. The van der Waals surface area contributed by atoms with Gasteiger partial charge in [-0.3, -0.25) is 10.1 Å². The third kappa shape index (κ3) is 3.88. The molecule has 0 aliphatic carbocycles. The van der Waals surface area contributed by atoms with E-state index in [4.69, 9.17) is 11.2 Å². The highest BCUT2D eigenvalue weighted by Gasteiger charge is 2.22. The summed E-state index contributed by atoms with van der Waals surface area (Å²) in [5, 5.41) is 14.2. The molecular formula is C14H18N2O3. The van der Waals surface area contributed by atoms with Gasteiger partial charge in [-0.1, -0.05) is 25.3 Å². The van der Waals surface area contributed by atoms with Gasteiger partial charge in [0.25, 0.3) is 0 Å². The lowest BCUT2D eigenvalue weighted by Crippen LogP contribution is -2.17. The van der Waals surface area contributed by atoms with Crippen LogP contribution >= 0.6 is 0 Å². The van der Waals surface area contributed by atoms with Crippen LogP contribution in [0, 0.1) is 22.5 Å². The molecular weight excluding hydrogens is 244 g/mol. The topological polar surface area (TPSA) is 64.4 Å². The van der Waals surface area contributed by atoms with E-state index < -0.39 is 4.92 Å². The number of hydrogen-bond acceptors (Lipinski definition) is 4. The van der Waals surface area contributed by atoms with Gasteiger partial charge in [-0.25, -0.2) is 0 Å². The van der Waals surface area contributed by atoms with E-state index in [0.717, 1.165) is 12.8 Å². The number of nitrogens with zero attached hydrogens (tertiary/aromatic N) is 1. The van der Waals surface area contributed by atoms with Crippen LogP contribution in [0.3, 0.4) is 0 Å². The molecule has 5 nitrogen and oxygen atoms in total. The first-order chi connectivity index (χ1) is 9.13. The molecule has 1 N–H and O–H groups in total. The van der Waals surface area contributed by atoms with Crippen molar-refractivity contribution in [3.8, 4) is 18.1 Å². The van der Waals surface area contributed by atoms with E-state index in [1.807, 2.05) is 6.92 Å². The smallest absolute Gasteiger partial charge is 0.333 e. The number of terminal acetylenes is 1. The summed E-state index contributed by atoms with van der Waals surface area (Å²) in [6, 6.07) is 4.71. The minimum atomic E-state index is -0.452. The normalized spacial score (nSPS) is 11.4. The highest BCUT2D eigenvalue weighted by Crippen LogP contribution is 2.35. The predicted molar refractivity (Wildman–Crippen MR) is 75.4 cm³/mol. The number of nitro benzene ring substituents is 1. The van der Waals surface area contributed by atoms with Crippen LogP contribution in [0.2, 0.25) is 0 Å². The Kier molecular flexibility index (Phi) is 5.68. The molecule has 0 bridgehead atoms. The monoisotopic (exact) mass is 262 g/mol. The summed E-state index contributed by atoms with van der Waals surface area (Å²) in [7, 11) is 0. The summed E-state index contributed by atoms with van der Waals surface area (Å²) in [5.74, 6) is 2.85. The van der Waals surface area contributed by atoms with Gasteiger partial charge >= 0.3 is 5.69 Å². The van der Waals surface area contributed by atoms with Crippen molar-refractivity contribution >= 4 is 11.4 Å². The van der Waals surface area contributed by atoms with Crippen molar-refractivity contribution in [3.63, 3.8) is 0 Å². The molecule has 5 heteroatoms. The summed E-state index contributed by atoms with van der Waals surface area (Å²) in [6.07, 6.45) is 7.08. The van der Waals surface area contributed by atoms with Gasteiger partial charge in [0.15, 0.2) is 5.75 Å². The number of benzene rings is 1. The van der Waals surface area contributed by atoms with Crippen LogP contribution in [0.1, 0.15) is 26.7 Å². The number of ether oxygens (including phenoxy) is 1. The van der Waals surface area contributed by atoms with Gasteiger partial charge in [-0.2, -0.15) is 0 Å². The van der Waals surface area contributed by atoms with Crippen LogP contribution in [0.15, 0.2) is 18.2 Å². The molecule has 19 heavy (non-hydrogen) atoms. The maximum absolute atomic E-state index is 11.2. The average molecular weight is 262 g/mol. The molecule has 1 unspecified atom stereocenters. The van der Waals surface area contributed by atoms with E-state index >= 15 is 0 Å². The van der Waals surface area contributed by atoms with E-state index in [9.17, 15) is 10.1 Å². The van der Waals surface area contributed by atoms with Crippen LogP contribution in [-0.2, 0) is 0 Å². The van der Waals surface area contributed by atoms with E-state index in [1.165, 1.54) is 0 Å². The fourth-order valence-corrected chi connectivity index (χ4v) is 1.77. The molecule has 102 valence electrons. The quantitative estimate of drug-likeness (QED) is 0.465. The minimum Gasteiger partial charge on any atom is -0.487 e. The molecule has 0 fully saturated rings. The molecule has 0 aliphatic rings. The van der Waals surface area contributed by atoms with E-state index in [2.05, 4.69) is 11.2 Å². The third-order valence-corrected chi connectivity index (χ3v) is 2.59. The number of rotatable bonds is 7. The van der Waals surface area contributed by atoms with Gasteiger partial charge < -0.3 is 10.1 Å². The Labute approximate surface area is 113 Å². The number of anilines is 1. The number of nitrogens with one attached hydrogen (secondary N) is 1. The van der Waals surface area contributed by atoms with E-state index in [-0.39, 0.29) is 17.5 Å². The van der Waals surface area contributed by atoms with Crippen LogP contribution < -0.4 is 10.1 Å². The van der Waals surface area contributed by atoms with Crippen LogP contribution in [0.4, 0.5) is 11.4 Å². The molecule has 0 saturated heterocycles. The van der Waals surface area contributed by atoms with Gasteiger partial charge in [-0.05, 0) is 25.5 Å². The zero-order valence-corrected chi connectivity index (χ0v) is 11.2. The molecule has 1 rings (SSSR count). The molecule has 0 aromatic heterocycles. The average Bonchev–Trinajstić information content (AvgIpc) is 2.38. The van der Waals surface area contributed by atoms with E-state index in [0.29, 0.717) is 12.3 Å². The number of nitro groups is 1. The van der Waals surface area contributed by atoms with Crippen molar-refractivity contribution in [1.29, 1.82) is 0 Å². The van der Waals surface area contributed by atoms with Crippen LogP contribution in [-0.4, -0.2) is 17.6 Å². The second-order valence-electron chi connectivity index (χ2n) is 3.99. The number of para-hydroxylation sites is 1. The Bertz CT molecular complexity index is 480. The van der Waals surface area contributed by atoms with Crippen LogP contribution in [0.5, 0.6) is 5.75 Å². The lowest BCUT2D eigenvalue weighted by molar-refractivity contribution is -0.384. The molecule has 0 aliphatic heterocycles. The predicted octanol–water partition coefficient (Wildman–Crippen LogP) is 3.21. The summed E-state index contributed by atoms with van der Waals surface area (Å²) >= 11 is 0. The summed E-state index contributed by atoms with van der Waals surface area (Å²) in [6.45, 7) is 4.17. The fraction of sp³-hybridized carbons (Fsp3) is 0.429. The van der Waals surface area contributed by atoms with Crippen molar-refractivity contribution in [3.05, 3.63) is 28.3 Å². The fourth-order valence-electron chi connectivity index (χ4n) is 1.77. The molecule has 0 spiro atoms. The largest absolute Gasteiger partial charge is 0.487 e. The van der Waals surface area contributed by atoms with Crippen molar-refractivity contribution in [2.24, 2.45) is 0 Å². The second-order valence-corrected chi connectivity index (χ2v) is 3.99. The maximum Gasteiger partial charge on any atom is 0.333 e. The zero-order chi connectivity index (χ0) is 14.3. The zero-order valence-electron chi connectivity index (χ0n) is 11.2. The third-order valence-electron chi connectivity index (χ3n) is 2.59. The Morgan fingerprint density at radius 3 is 2.79 bits per heavy atom. The Morgan fingerprint density at radius 2 is 2.26 bits per heavy atom. The first-order valence-corrected chi connectivity index (χ1v) is 6.26. The summed E-state index contributed by atoms with van der Waals surface area (Å²) < 4.78 is 5.28. The molecule has 1 atom stereocenters. The van der Waals surface area contributed by atoms with Crippen LogP contribution in [0.25, 0.3) is 0 Å². The number of hydrogen-bond donors (Lipinski definition) is 1. The van der Waals surface area contributed by atoms with Gasteiger partial charge in [-0.15, -0.1) is 6.42 Å². The van der Waals surface area contributed by atoms with Crippen molar-refractivity contribution in [2.75, 3.05) is 11.9 Å². The van der Waals surface area contributed by atoms with Gasteiger partial charge in [0, 0.05) is 0 Å². The standard InChI is InChI=1S/C14H18N2O3/c1-4-8-11(5-2)15-12-9-7-10-13(19-6-3)14(12)16(17)18/h2,7,9-11,15H,4,6,8H2,1,3H3. The lowest BCUT2D eigenvalue weighted by atomic mass is 10.1. The molecule has 0 amide bonds. The molecule has 0 radical (unpaired) electrons. The first-order valence-electron chi connectivity index (χ1n) is 6.26. The maximum atomic E-state index is 11.2. The van der Waals surface area contributed by atoms with E-state index in [1.54, 1.807) is 25.1 Å². The van der Waals surface area contributed by atoms with Crippen molar-refractivity contribution < 1.29 is 9.66 Å². The highest BCUT2D eigenvalue weighted by molar-refractivity contribution is 5.69. The second kappa shape index (κ2) is 7.27. The van der Waals surface area contributed by atoms with Gasteiger partial charge in [0.1, 0.15) is 5.69 Å². The minimum absolute atomic E-state index is 0.0688. The molecule has 0 saturated carbocycles. The van der Waals surface area contributed by atoms with Gasteiger partial charge in [0.2, 0.25) is 0 Å². The van der Waals surface area contributed by atoms with Crippen molar-refractivity contribution in [2.45, 2.75) is 32.7 Å². The first kappa shape index (κ1) is 14.8. The Morgan fingerprint density at radius 1 is 1.53 bits per heavy atom. The SMILES string of the molecule is C#CC(CCC)Nc1cccc(OCC)c1[N+](=O)[O-]. The Hall–Kier alpha value is -2.22. The highest BCUT2D eigenvalue weighted by atomic mass is 16.6. The molecule has 1 aromatic rings. The van der Waals surface area contributed by atoms with Gasteiger partial charge in [0.05, 0.1) is 17.6 Å². The summed E-state index contributed by atoms with van der Waals surface area (Å²) in [4.78, 5) is 10.7.